The van der Waals surface area contributed by atoms with E-state index in [0.29, 0.717) is 31.7 Å². The molecule has 7 nitrogen and oxygen atoms in total. The maximum atomic E-state index is 12.7. The van der Waals surface area contributed by atoms with Crippen LogP contribution in [0.2, 0.25) is 0 Å². The number of nitrogens with two attached hydrogens (primary N) is 1. The van der Waals surface area contributed by atoms with Gasteiger partial charge in [-0.05, 0) is 43.2 Å². The van der Waals surface area contributed by atoms with Gasteiger partial charge in [0.1, 0.15) is 23.3 Å². The van der Waals surface area contributed by atoms with Crippen LogP contribution in [0.25, 0.3) is 0 Å². The number of benzene rings is 1. The molecule has 1 aromatic heterocycles. The molecular formula is C19H18F3N3O4. The van der Waals surface area contributed by atoms with Crippen molar-refractivity contribution >= 4 is 11.8 Å². The van der Waals surface area contributed by atoms with Gasteiger partial charge in [-0.3, -0.25) is 14.6 Å². The Morgan fingerprint density at radius 1 is 1.14 bits per heavy atom. The Kier molecular flexibility index (Phi) is 5.90. The first kappa shape index (κ1) is 20.4. The molecule has 29 heavy (non-hydrogen) atoms. The van der Waals surface area contributed by atoms with Crippen molar-refractivity contribution in [3.63, 3.8) is 0 Å². The number of likely N-dealkylation sites (tertiary alicyclic amines) is 1. The summed E-state index contributed by atoms with van der Waals surface area (Å²) in [4.78, 5) is 29.3. The molecule has 2 N–H and O–H groups in total. The smallest absolute Gasteiger partial charge is 0.488 e. The van der Waals surface area contributed by atoms with E-state index in [1.54, 1.807) is 11.0 Å². The predicted octanol–water partition coefficient (Wildman–Crippen LogP) is 2.76. The number of ether oxygens (including phenoxy) is 2. The zero-order valence-electron chi connectivity index (χ0n) is 15.2. The number of amides is 2. The first-order chi connectivity index (χ1) is 13.7. The highest BCUT2D eigenvalue weighted by Gasteiger charge is 2.31. The predicted molar refractivity (Wildman–Crippen MR) is 95.4 cm³/mol. The standard InChI is InChI=1S/C19H18F3N3O4/c20-19(21,22)29-13-5-3-12(4-6-13)18(27)25-9-1-2-15(11-25)28-14-7-8-24-16(10-14)17(23)26/h3-8,10,15H,1-2,9,11H2,(H2,23,26). The number of aromatic nitrogens is 1. The quantitative estimate of drug-likeness (QED) is 0.820. The van der Waals surface area contributed by atoms with Crippen LogP contribution in [0.5, 0.6) is 11.5 Å². The summed E-state index contributed by atoms with van der Waals surface area (Å²) < 4.78 is 46.4. The molecular weight excluding hydrogens is 391 g/mol. The van der Waals surface area contributed by atoms with Crippen LogP contribution in [0.15, 0.2) is 42.6 Å². The summed E-state index contributed by atoms with van der Waals surface area (Å²) in [6, 6.07) is 7.79. The van der Waals surface area contributed by atoms with E-state index in [4.69, 9.17) is 10.5 Å². The highest BCUT2D eigenvalue weighted by Crippen LogP contribution is 2.24. The Morgan fingerprint density at radius 2 is 1.86 bits per heavy atom. The molecule has 154 valence electrons. The molecule has 1 aromatic carbocycles. The SMILES string of the molecule is NC(=O)c1cc(OC2CCCN(C(=O)c3ccc(OC(F)(F)F)cc3)C2)ccn1. The van der Waals surface area contributed by atoms with Gasteiger partial charge in [0.05, 0.1) is 6.54 Å². The monoisotopic (exact) mass is 409 g/mol. The van der Waals surface area contributed by atoms with E-state index in [1.165, 1.54) is 24.4 Å². The summed E-state index contributed by atoms with van der Waals surface area (Å²) in [7, 11) is 0. The minimum Gasteiger partial charge on any atom is -0.488 e. The van der Waals surface area contributed by atoms with Crippen LogP contribution in [0.3, 0.4) is 0 Å². The van der Waals surface area contributed by atoms with Gasteiger partial charge in [-0.15, -0.1) is 13.2 Å². The second-order valence-electron chi connectivity index (χ2n) is 6.45. The summed E-state index contributed by atoms with van der Waals surface area (Å²) >= 11 is 0. The maximum absolute atomic E-state index is 12.7. The van der Waals surface area contributed by atoms with Gasteiger partial charge in [0, 0.05) is 24.4 Å². The fraction of sp³-hybridized carbons (Fsp3) is 0.316. The van der Waals surface area contributed by atoms with Crippen LogP contribution < -0.4 is 15.2 Å². The van der Waals surface area contributed by atoms with Crippen LogP contribution in [-0.2, 0) is 0 Å². The summed E-state index contributed by atoms with van der Waals surface area (Å²) in [6.45, 7) is 0.802. The van der Waals surface area contributed by atoms with Gasteiger partial charge in [-0.2, -0.15) is 0 Å². The van der Waals surface area contributed by atoms with Crippen molar-refractivity contribution in [3.8, 4) is 11.5 Å². The Morgan fingerprint density at radius 3 is 2.52 bits per heavy atom. The number of pyridine rings is 1. The highest BCUT2D eigenvalue weighted by atomic mass is 19.4. The van der Waals surface area contributed by atoms with Gasteiger partial charge < -0.3 is 20.1 Å². The largest absolute Gasteiger partial charge is 0.573 e. The molecule has 1 aliphatic heterocycles. The van der Waals surface area contributed by atoms with Gasteiger partial charge >= 0.3 is 6.36 Å². The number of primary amides is 1. The van der Waals surface area contributed by atoms with Gasteiger partial charge in [-0.1, -0.05) is 0 Å². The van der Waals surface area contributed by atoms with E-state index in [2.05, 4.69) is 9.72 Å². The van der Waals surface area contributed by atoms with Crippen LogP contribution in [-0.4, -0.2) is 47.3 Å². The lowest BCUT2D eigenvalue weighted by Gasteiger charge is -2.33. The number of piperidine rings is 1. The molecule has 2 amide bonds. The number of hydrogen-bond donors (Lipinski definition) is 1. The van der Waals surface area contributed by atoms with Crippen LogP contribution >= 0.6 is 0 Å². The van der Waals surface area contributed by atoms with Crippen molar-refractivity contribution in [2.24, 2.45) is 5.73 Å². The van der Waals surface area contributed by atoms with Crippen molar-refractivity contribution in [1.29, 1.82) is 0 Å². The average molecular weight is 409 g/mol. The molecule has 10 heteroatoms. The Labute approximate surface area is 164 Å². The Bertz CT molecular complexity index is 887. The normalized spacial score (nSPS) is 16.9. The lowest BCUT2D eigenvalue weighted by Crippen LogP contribution is -2.44. The summed E-state index contributed by atoms with van der Waals surface area (Å²) in [5.41, 5.74) is 5.53. The second-order valence-corrected chi connectivity index (χ2v) is 6.45. The molecule has 0 saturated carbocycles. The van der Waals surface area contributed by atoms with E-state index >= 15 is 0 Å². The van der Waals surface area contributed by atoms with Gasteiger partial charge in [-0.25, -0.2) is 0 Å². The van der Waals surface area contributed by atoms with E-state index in [0.717, 1.165) is 12.1 Å². The van der Waals surface area contributed by atoms with Crippen molar-refractivity contribution < 1.29 is 32.2 Å². The van der Waals surface area contributed by atoms with E-state index in [1.807, 2.05) is 0 Å². The molecule has 1 unspecified atom stereocenters. The van der Waals surface area contributed by atoms with Crippen LogP contribution in [0.4, 0.5) is 13.2 Å². The molecule has 0 radical (unpaired) electrons. The van der Waals surface area contributed by atoms with E-state index in [-0.39, 0.29) is 23.3 Å². The summed E-state index contributed by atoms with van der Waals surface area (Å²) in [5.74, 6) is -0.961. The van der Waals surface area contributed by atoms with Gasteiger partial charge in [0.15, 0.2) is 0 Å². The topological polar surface area (TPSA) is 94.8 Å². The number of rotatable bonds is 5. The molecule has 2 aromatic rings. The average Bonchev–Trinajstić information content (AvgIpc) is 2.67. The van der Waals surface area contributed by atoms with Crippen molar-refractivity contribution in [2.75, 3.05) is 13.1 Å². The number of hydrogen-bond acceptors (Lipinski definition) is 5. The van der Waals surface area contributed by atoms with Gasteiger partial charge in [0.2, 0.25) is 0 Å². The lowest BCUT2D eigenvalue weighted by molar-refractivity contribution is -0.274. The molecule has 0 aliphatic carbocycles. The third kappa shape index (κ3) is 5.59. The minimum absolute atomic E-state index is 0.0763. The lowest BCUT2D eigenvalue weighted by atomic mass is 10.1. The zero-order valence-corrected chi connectivity index (χ0v) is 15.2. The van der Waals surface area contributed by atoms with Crippen molar-refractivity contribution in [2.45, 2.75) is 25.3 Å². The van der Waals surface area contributed by atoms with Gasteiger partial charge in [0.25, 0.3) is 11.8 Å². The number of carbonyl (C=O) groups is 2. The van der Waals surface area contributed by atoms with Crippen LogP contribution in [0.1, 0.15) is 33.7 Å². The zero-order chi connectivity index (χ0) is 21.0. The molecule has 0 bridgehead atoms. The minimum atomic E-state index is -4.79. The molecule has 2 heterocycles. The summed E-state index contributed by atoms with van der Waals surface area (Å²) in [5, 5.41) is 0. The number of carbonyl (C=O) groups excluding carboxylic acids is 2. The number of nitrogens with zero attached hydrogens (tertiary/aromatic N) is 2. The highest BCUT2D eigenvalue weighted by molar-refractivity contribution is 5.94. The maximum Gasteiger partial charge on any atom is 0.573 e. The summed E-state index contributed by atoms with van der Waals surface area (Å²) in [6.07, 6.45) is -2.28. The van der Waals surface area contributed by atoms with Crippen LogP contribution in [0, 0.1) is 0 Å². The number of alkyl halides is 3. The molecule has 1 saturated heterocycles. The molecule has 1 aliphatic rings. The fourth-order valence-electron chi connectivity index (χ4n) is 3.01. The van der Waals surface area contributed by atoms with E-state index < -0.39 is 18.0 Å². The third-order valence-corrected chi connectivity index (χ3v) is 4.29. The fourth-order valence-corrected chi connectivity index (χ4v) is 3.01. The first-order valence-corrected chi connectivity index (χ1v) is 8.79. The van der Waals surface area contributed by atoms with Crippen molar-refractivity contribution in [3.05, 3.63) is 53.9 Å². The molecule has 1 fully saturated rings. The third-order valence-electron chi connectivity index (χ3n) is 4.29. The second kappa shape index (κ2) is 8.38. The molecule has 0 spiro atoms. The number of halogens is 3. The first-order valence-electron chi connectivity index (χ1n) is 8.79. The Balaban J connectivity index is 1.63. The molecule has 1 atom stereocenters. The van der Waals surface area contributed by atoms with E-state index in [9.17, 15) is 22.8 Å². The molecule has 3 rings (SSSR count). The Hall–Kier alpha value is -3.30. The van der Waals surface area contributed by atoms with Crippen molar-refractivity contribution in [1.82, 2.24) is 9.88 Å².